The first-order valence-electron chi connectivity index (χ1n) is 7.39. The normalized spacial score (nSPS) is 17.2. The zero-order chi connectivity index (χ0) is 13.7. The van der Waals surface area contributed by atoms with Crippen LogP contribution in [0.4, 0.5) is 5.69 Å². The van der Waals surface area contributed by atoms with Crippen LogP contribution in [0.5, 0.6) is 0 Å². The van der Waals surface area contributed by atoms with Gasteiger partial charge in [0.05, 0.1) is 0 Å². The number of nitrogens with zero attached hydrogens (tertiary/aromatic N) is 2. The topological polar surface area (TPSA) is 26.7 Å². The molecule has 0 radical (unpaired) electrons. The SMILES string of the molecule is CC(C)N1CCN(c2cccc(CCCO)c2)CC1. The molecule has 3 nitrogen and oxygen atoms in total. The van der Waals surface area contributed by atoms with Crippen LogP contribution < -0.4 is 4.90 Å². The molecule has 1 saturated heterocycles. The summed E-state index contributed by atoms with van der Waals surface area (Å²) in [6.07, 6.45) is 1.82. The van der Waals surface area contributed by atoms with Gasteiger partial charge in [0.1, 0.15) is 0 Å². The molecule has 1 aromatic carbocycles. The van der Waals surface area contributed by atoms with Crippen molar-refractivity contribution >= 4 is 5.69 Å². The van der Waals surface area contributed by atoms with Gasteiger partial charge in [0.2, 0.25) is 0 Å². The average Bonchev–Trinajstić information content (AvgIpc) is 2.45. The molecule has 0 atom stereocenters. The highest BCUT2D eigenvalue weighted by Gasteiger charge is 2.18. The molecule has 0 bridgehead atoms. The number of benzene rings is 1. The molecule has 0 unspecified atom stereocenters. The molecule has 1 aliphatic heterocycles. The molecular formula is C16H26N2O. The number of aliphatic hydroxyl groups excluding tert-OH is 1. The first-order valence-corrected chi connectivity index (χ1v) is 7.39. The number of hydrogen-bond donors (Lipinski definition) is 1. The highest BCUT2D eigenvalue weighted by Crippen LogP contribution is 2.19. The molecule has 1 heterocycles. The van der Waals surface area contributed by atoms with Crippen molar-refractivity contribution in [3.05, 3.63) is 29.8 Å². The summed E-state index contributed by atoms with van der Waals surface area (Å²) in [7, 11) is 0. The van der Waals surface area contributed by atoms with Crippen LogP contribution >= 0.6 is 0 Å². The van der Waals surface area contributed by atoms with Crippen LogP contribution in [0, 0.1) is 0 Å². The minimum absolute atomic E-state index is 0.275. The zero-order valence-electron chi connectivity index (χ0n) is 12.2. The standard InChI is InChI=1S/C16H26N2O/c1-14(2)17-8-10-18(11-9-17)16-7-3-5-15(13-16)6-4-12-19/h3,5,7,13-14,19H,4,6,8-12H2,1-2H3. The largest absolute Gasteiger partial charge is 0.396 e. The number of rotatable bonds is 5. The van der Waals surface area contributed by atoms with Crippen molar-refractivity contribution in [2.24, 2.45) is 0 Å². The van der Waals surface area contributed by atoms with Gasteiger partial charge in [-0.05, 0) is 44.4 Å². The number of hydrogen-bond acceptors (Lipinski definition) is 3. The Labute approximate surface area is 116 Å². The van der Waals surface area contributed by atoms with Crippen molar-refractivity contribution in [2.45, 2.75) is 32.7 Å². The third-order valence-corrected chi connectivity index (χ3v) is 3.94. The fourth-order valence-corrected chi connectivity index (χ4v) is 2.69. The molecule has 1 aliphatic rings. The van der Waals surface area contributed by atoms with Crippen molar-refractivity contribution in [1.29, 1.82) is 0 Å². The lowest BCUT2D eigenvalue weighted by Crippen LogP contribution is -2.48. The van der Waals surface area contributed by atoms with Crippen LogP contribution in [-0.2, 0) is 6.42 Å². The summed E-state index contributed by atoms with van der Waals surface area (Å²) in [5.41, 5.74) is 2.66. The molecule has 3 heteroatoms. The number of aliphatic hydroxyl groups is 1. The quantitative estimate of drug-likeness (QED) is 0.881. The molecule has 0 amide bonds. The van der Waals surface area contributed by atoms with Gasteiger partial charge in [-0.3, -0.25) is 4.90 Å². The van der Waals surface area contributed by atoms with Crippen molar-refractivity contribution in [1.82, 2.24) is 4.90 Å². The van der Waals surface area contributed by atoms with E-state index in [9.17, 15) is 0 Å². The Kier molecular flexibility index (Phi) is 5.23. The summed E-state index contributed by atoms with van der Waals surface area (Å²) in [5.74, 6) is 0. The van der Waals surface area contributed by atoms with Gasteiger partial charge in [-0.1, -0.05) is 12.1 Å². The van der Waals surface area contributed by atoms with Crippen LogP contribution in [0.15, 0.2) is 24.3 Å². The van der Waals surface area contributed by atoms with E-state index in [1.54, 1.807) is 0 Å². The second-order valence-electron chi connectivity index (χ2n) is 5.61. The molecule has 19 heavy (non-hydrogen) atoms. The highest BCUT2D eigenvalue weighted by atomic mass is 16.2. The van der Waals surface area contributed by atoms with Crippen LogP contribution in [0.25, 0.3) is 0 Å². The first-order chi connectivity index (χ1) is 9.20. The molecule has 0 aliphatic carbocycles. The fraction of sp³-hybridized carbons (Fsp3) is 0.625. The van der Waals surface area contributed by atoms with E-state index in [-0.39, 0.29) is 6.61 Å². The highest BCUT2D eigenvalue weighted by molar-refractivity contribution is 5.49. The van der Waals surface area contributed by atoms with E-state index in [4.69, 9.17) is 5.11 Å². The lowest BCUT2D eigenvalue weighted by atomic mass is 10.1. The third kappa shape index (κ3) is 3.95. The van der Waals surface area contributed by atoms with Gasteiger partial charge in [0, 0.05) is 44.5 Å². The van der Waals surface area contributed by atoms with E-state index in [0.717, 1.165) is 39.0 Å². The van der Waals surface area contributed by atoms with Gasteiger partial charge >= 0.3 is 0 Å². The van der Waals surface area contributed by atoms with Crippen LogP contribution in [-0.4, -0.2) is 48.8 Å². The number of piperazine rings is 1. The van der Waals surface area contributed by atoms with Crippen molar-refractivity contribution in [3.63, 3.8) is 0 Å². The second-order valence-corrected chi connectivity index (χ2v) is 5.61. The Morgan fingerprint density at radius 1 is 1.16 bits per heavy atom. The molecule has 2 rings (SSSR count). The van der Waals surface area contributed by atoms with Crippen LogP contribution in [0.3, 0.4) is 0 Å². The fourth-order valence-electron chi connectivity index (χ4n) is 2.69. The summed E-state index contributed by atoms with van der Waals surface area (Å²) in [6.45, 7) is 9.34. The van der Waals surface area contributed by atoms with Gasteiger partial charge < -0.3 is 10.0 Å². The molecule has 0 saturated carbocycles. The molecule has 106 valence electrons. The number of anilines is 1. The maximum Gasteiger partial charge on any atom is 0.0434 e. The summed E-state index contributed by atoms with van der Waals surface area (Å²) in [4.78, 5) is 5.01. The summed E-state index contributed by atoms with van der Waals surface area (Å²) in [6, 6.07) is 9.42. The zero-order valence-corrected chi connectivity index (χ0v) is 12.2. The van der Waals surface area contributed by atoms with E-state index in [0.29, 0.717) is 6.04 Å². The van der Waals surface area contributed by atoms with Gasteiger partial charge in [-0.2, -0.15) is 0 Å². The minimum atomic E-state index is 0.275. The van der Waals surface area contributed by atoms with Gasteiger partial charge in [-0.15, -0.1) is 0 Å². The molecule has 0 spiro atoms. The Morgan fingerprint density at radius 3 is 2.53 bits per heavy atom. The van der Waals surface area contributed by atoms with Crippen LogP contribution in [0.1, 0.15) is 25.8 Å². The van der Waals surface area contributed by atoms with E-state index in [2.05, 4.69) is 47.9 Å². The predicted molar refractivity (Wildman–Crippen MR) is 80.8 cm³/mol. The Hall–Kier alpha value is -1.06. The maximum absolute atomic E-state index is 8.91. The smallest absolute Gasteiger partial charge is 0.0434 e. The van der Waals surface area contributed by atoms with Crippen LogP contribution in [0.2, 0.25) is 0 Å². The van der Waals surface area contributed by atoms with Crippen molar-refractivity contribution < 1.29 is 5.11 Å². The van der Waals surface area contributed by atoms with Crippen molar-refractivity contribution in [2.75, 3.05) is 37.7 Å². The minimum Gasteiger partial charge on any atom is -0.396 e. The second kappa shape index (κ2) is 6.92. The van der Waals surface area contributed by atoms with E-state index in [1.807, 2.05) is 0 Å². The molecular weight excluding hydrogens is 236 g/mol. The first kappa shape index (κ1) is 14.4. The Morgan fingerprint density at radius 2 is 1.89 bits per heavy atom. The van der Waals surface area contributed by atoms with E-state index in [1.165, 1.54) is 11.3 Å². The van der Waals surface area contributed by atoms with Gasteiger partial charge in [0.15, 0.2) is 0 Å². The van der Waals surface area contributed by atoms with E-state index < -0.39 is 0 Å². The molecule has 1 aromatic rings. The average molecular weight is 262 g/mol. The van der Waals surface area contributed by atoms with Gasteiger partial charge in [-0.25, -0.2) is 0 Å². The third-order valence-electron chi connectivity index (χ3n) is 3.94. The molecule has 1 fully saturated rings. The predicted octanol–water partition coefficient (Wildman–Crippen LogP) is 2.14. The maximum atomic E-state index is 8.91. The number of aryl methyl sites for hydroxylation is 1. The molecule has 0 aromatic heterocycles. The van der Waals surface area contributed by atoms with E-state index >= 15 is 0 Å². The summed E-state index contributed by atoms with van der Waals surface area (Å²) in [5, 5.41) is 8.91. The van der Waals surface area contributed by atoms with Crippen molar-refractivity contribution in [3.8, 4) is 0 Å². The Balaban J connectivity index is 1.95. The monoisotopic (exact) mass is 262 g/mol. The Bertz CT molecular complexity index is 384. The molecule has 1 N–H and O–H groups in total. The lowest BCUT2D eigenvalue weighted by molar-refractivity contribution is 0.209. The lowest BCUT2D eigenvalue weighted by Gasteiger charge is -2.38. The summed E-state index contributed by atoms with van der Waals surface area (Å²) < 4.78 is 0. The summed E-state index contributed by atoms with van der Waals surface area (Å²) >= 11 is 0. The van der Waals surface area contributed by atoms with Gasteiger partial charge in [0.25, 0.3) is 0 Å².